The maximum atomic E-state index is 5.95. The van der Waals surface area contributed by atoms with Gasteiger partial charge in [-0.05, 0) is 33.9 Å². The van der Waals surface area contributed by atoms with E-state index < -0.39 is 0 Å². The van der Waals surface area contributed by atoms with Gasteiger partial charge in [0.1, 0.15) is 0 Å². The molecule has 17 heavy (non-hydrogen) atoms. The summed E-state index contributed by atoms with van der Waals surface area (Å²) in [6.45, 7) is 8.56. The molecule has 1 saturated heterocycles. The highest BCUT2D eigenvalue weighted by Crippen LogP contribution is 2.30. The van der Waals surface area contributed by atoms with Gasteiger partial charge in [-0.2, -0.15) is 0 Å². The van der Waals surface area contributed by atoms with Crippen LogP contribution in [0.5, 0.6) is 0 Å². The summed E-state index contributed by atoms with van der Waals surface area (Å²) < 4.78 is 0. The van der Waals surface area contributed by atoms with Crippen molar-refractivity contribution in [3.63, 3.8) is 0 Å². The van der Waals surface area contributed by atoms with Crippen molar-refractivity contribution in [3.05, 3.63) is 10.6 Å². The van der Waals surface area contributed by atoms with Gasteiger partial charge in [-0.3, -0.25) is 0 Å². The molecule has 5 heteroatoms. The first kappa shape index (κ1) is 12.8. The summed E-state index contributed by atoms with van der Waals surface area (Å²) in [6, 6.07) is 0.0934. The van der Waals surface area contributed by atoms with Crippen molar-refractivity contribution < 1.29 is 0 Å². The van der Waals surface area contributed by atoms with Crippen LogP contribution in [0.4, 0.5) is 5.13 Å². The molecule has 0 aromatic carbocycles. The lowest BCUT2D eigenvalue weighted by Gasteiger charge is -2.19. The smallest absolute Gasteiger partial charge is 0.185 e. The van der Waals surface area contributed by atoms with Gasteiger partial charge in [-0.15, -0.1) is 11.3 Å². The van der Waals surface area contributed by atoms with Gasteiger partial charge in [-0.25, -0.2) is 4.98 Å². The van der Waals surface area contributed by atoms with Crippen LogP contribution >= 0.6 is 11.3 Å². The third-order valence-electron chi connectivity index (χ3n) is 3.22. The first-order valence-electron chi connectivity index (χ1n) is 6.24. The summed E-state index contributed by atoms with van der Waals surface area (Å²) in [4.78, 5) is 10.7. The van der Waals surface area contributed by atoms with Crippen LogP contribution in [-0.4, -0.2) is 43.1 Å². The van der Waals surface area contributed by atoms with E-state index in [-0.39, 0.29) is 6.04 Å². The third kappa shape index (κ3) is 2.97. The highest BCUT2D eigenvalue weighted by atomic mass is 32.1. The van der Waals surface area contributed by atoms with Crippen LogP contribution in [-0.2, 0) is 0 Å². The van der Waals surface area contributed by atoms with E-state index in [1.807, 2.05) is 6.92 Å². The molecule has 0 radical (unpaired) electrons. The number of hydrogen-bond donors (Lipinski definition) is 1. The molecule has 2 N–H and O–H groups in total. The SMILES string of the molecule is Cc1nc(N2CCCN(C)CC2)sc1C(C)N. The van der Waals surface area contributed by atoms with Crippen LogP contribution in [0.1, 0.15) is 30.0 Å². The Bertz CT molecular complexity index is 375. The first-order valence-corrected chi connectivity index (χ1v) is 7.06. The zero-order chi connectivity index (χ0) is 12.4. The van der Waals surface area contributed by atoms with Gasteiger partial charge in [0.2, 0.25) is 0 Å². The highest BCUT2D eigenvalue weighted by molar-refractivity contribution is 7.15. The number of anilines is 1. The van der Waals surface area contributed by atoms with Crippen molar-refractivity contribution in [3.8, 4) is 0 Å². The second-order valence-electron chi connectivity index (χ2n) is 4.88. The lowest BCUT2D eigenvalue weighted by Crippen LogP contribution is -2.28. The fourth-order valence-electron chi connectivity index (χ4n) is 2.19. The number of aryl methyl sites for hydroxylation is 1. The van der Waals surface area contributed by atoms with Crippen LogP contribution in [0, 0.1) is 6.92 Å². The zero-order valence-electron chi connectivity index (χ0n) is 10.9. The standard InChI is InChI=1S/C12H22N4S/c1-9(13)11-10(2)14-12(17-11)16-6-4-5-15(3)7-8-16/h9H,4-8,13H2,1-3H3. The van der Waals surface area contributed by atoms with Crippen LogP contribution < -0.4 is 10.6 Å². The molecule has 4 nitrogen and oxygen atoms in total. The van der Waals surface area contributed by atoms with E-state index in [0.29, 0.717) is 0 Å². The number of thiazole rings is 1. The molecule has 96 valence electrons. The molecule has 0 saturated carbocycles. The minimum Gasteiger partial charge on any atom is -0.347 e. The summed E-state index contributed by atoms with van der Waals surface area (Å²) >= 11 is 1.76. The summed E-state index contributed by atoms with van der Waals surface area (Å²) in [6.07, 6.45) is 1.21. The molecule has 1 aliphatic heterocycles. The molecule has 2 rings (SSSR count). The maximum Gasteiger partial charge on any atom is 0.185 e. The molecule has 1 atom stereocenters. The fourth-order valence-corrected chi connectivity index (χ4v) is 3.26. The van der Waals surface area contributed by atoms with E-state index in [1.165, 1.54) is 17.8 Å². The Kier molecular flexibility index (Phi) is 4.01. The monoisotopic (exact) mass is 254 g/mol. The molecule has 1 aromatic rings. The molecule has 1 unspecified atom stereocenters. The van der Waals surface area contributed by atoms with Gasteiger partial charge < -0.3 is 15.5 Å². The molecule has 1 aromatic heterocycles. The topological polar surface area (TPSA) is 45.4 Å². The predicted octanol–water partition coefficient (Wildman–Crippen LogP) is 1.61. The van der Waals surface area contributed by atoms with E-state index in [4.69, 9.17) is 5.73 Å². The van der Waals surface area contributed by atoms with E-state index >= 15 is 0 Å². The Hall–Kier alpha value is -0.650. The molecular weight excluding hydrogens is 232 g/mol. The minimum atomic E-state index is 0.0934. The third-order valence-corrected chi connectivity index (χ3v) is 4.64. The molecule has 0 amide bonds. The summed E-state index contributed by atoms with van der Waals surface area (Å²) in [5.41, 5.74) is 7.05. The number of nitrogens with two attached hydrogens (primary N) is 1. The van der Waals surface area contributed by atoms with Crippen LogP contribution in [0.15, 0.2) is 0 Å². The second kappa shape index (κ2) is 5.33. The molecule has 0 bridgehead atoms. The predicted molar refractivity (Wildman–Crippen MR) is 73.8 cm³/mol. The van der Waals surface area contributed by atoms with Crippen LogP contribution in [0.2, 0.25) is 0 Å². The molecule has 1 fully saturated rings. The van der Waals surface area contributed by atoms with E-state index in [9.17, 15) is 0 Å². The molecular formula is C12H22N4S. The molecule has 0 aliphatic carbocycles. The van der Waals surface area contributed by atoms with Gasteiger partial charge in [0.05, 0.1) is 5.69 Å². The average Bonchev–Trinajstić information content (AvgIpc) is 2.52. The Labute approximate surface area is 107 Å². The van der Waals surface area contributed by atoms with Crippen LogP contribution in [0.3, 0.4) is 0 Å². The van der Waals surface area contributed by atoms with Gasteiger partial charge in [0.15, 0.2) is 5.13 Å². The Morgan fingerprint density at radius 2 is 2.06 bits per heavy atom. The number of likely N-dealkylation sites (N-methyl/N-ethyl adjacent to an activating group) is 1. The summed E-state index contributed by atoms with van der Waals surface area (Å²) in [7, 11) is 2.18. The lowest BCUT2D eigenvalue weighted by molar-refractivity contribution is 0.360. The van der Waals surface area contributed by atoms with Crippen molar-refractivity contribution >= 4 is 16.5 Å². The van der Waals surface area contributed by atoms with E-state index in [1.54, 1.807) is 11.3 Å². The summed E-state index contributed by atoms with van der Waals surface area (Å²) in [5.74, 6) is 0. The minimum absolute atomic E-state index is 0.0934. The number of nitrogens with zero attached hydrogens (tertiary/aromatic N) is 3. The van der Waals surface area contributed by atoms with E-state index in [2.05, 4.69) is 28.8 Å². The normalized spacial score (nSPS) is 20.4. The molecule has 2 heterocycles. The quantitative estimate of drug-likeness (QED) is 0.871. The van der Waals surface area contributed by atoms with Crippen molar-refractivity contribution in [2.24, 2.45) is 5.73 Å². The van der Waals surface area contributed by atoms with Crippen molar-refractivity contribution in [1.82, 2.24) is 9.88 Å². The number of hydrogen-bond acceptors (Lipinski definition) is 5. The van der Waals surface area contributed by atoms with Crippen LogP contribution in [0.25, 0.3) is 0 Å². The maximum absolute atomic E-state index is 5.95. The molecule has 0 spiro atoms. The molecule has 1 aliphatic rings. The summed E-state index contributed by atoms with van der Waals surface area (Å²) in [5, 5.41) is 1.14. The van der Waals surface area contributed by atoms with Gasteiger partial charge in [0.25, 0.3) is 0 Å². The van der Waals surface area contributed by atoms with Crippen molar-refractivity contribution in [2.45, 2.75) is 26.3 Å². The Morgan fingerprint density at radius 1 is 1.29 bits per heavy atom. The second-order valence-corrected chi connectivity index (χ2v) is 5.89. The Balaban J connectivity index is 2.13. The van der Waals surface area contributed by atoms with Crippen molar-refractivity contribution in [2.75, 3.05) is 38.1 Å². The highest BCUT2D eigenvalue weighted by Gasteiger charge is 2.18. The fraction of sp³-hybridized carbons (Fsp3) is 0.750. The number of rotatable bonds is 2. The zero-order valence-corrected chi connectivity index (χ0v) is 11.8. The van der Waals surface area contributed by atoms with Crippen molar-refractivity contribution in [1.29, 1.82) is 0 Å². The largest absolute Gasteiger partial charge is 0.347 e. The lowest BCUT2D eigenvalue weighted by atomic mass is 10.2. The number of aromatic nitrogens is 1. The van der Waals surface area contributed by atoms with Gasteiger partial charge >= 0.3 is 0 Å². The first-order chi connectivity index (χ1) is 8.08. The van der Waals surface area contributed by atoms with Gasteiger partial charge in [-0.1, -0.05) is 0 Å². The Morgan fingerprint density at radius 3 is 2.71 bits per heavy atom. The van der Waals surface area contributed by atoms with E-state index in [0.717, 1.165) is 30.5 Å². The van der Waals surface area contributed by atoms with Gasteiger partial charge in [0, 0.05) is 30.6 Å². The average molecular weight is 254 g/mol.